The largest absolute Gasteiger partial charge is 0.378 e. The summed E-state index contributed by atoms with van der Waals surface area (Å²) in [5.41, 5.74) is 0.278. The Morgan fingerprint density at radius 2 is 2.06 bits per heavy atom. The highest BCUT2D eigenvalue weighted by Crippen LogP contribution is 2.42. The van der Waals surface area contributed by atoms with Crippen LogP contribution >= 0.6 is 0 Å². The molecule has 17 heavy (non-hydrogen) atoms. The molecular weight excluding hydrogens is 214 g/mol. The van der Waals surface area contributed by atoms with Crippen LogP contribution in [0.25, 0.3) is 0 Å². The van der Waals surface area contributed by atoms with Crippen molar-refractivity contribution in [3.05, 3.63) is 0 Å². The van der Waals surface area contributed by atoms with E-state index in [0.29, 0.717) is 12.1 Å². The third kappa shape index (κ3) is 2.83. The second-order valence-electron chi connectivity index (χ2n) is 5.95. The first-order valence-corrected chi connectivity index (χ1v) is 7.35. The highest BCUT2D eigenvalue weighted by molar-refractivity contribution is 4.96. The summed E-state index contributed by atoms with van der Waals surface area (Å²) in [5, 5.41) is 3.71. The summed E-state index contributed by atoms with van der Waals surface area (Å²) in [6.45, 7) is 3.05. The van der Waals surface area contributed by atoms with Gasteiger partial charge in [0.05, 0.1) is 11.7 Å². The van der Waals surface area contributed by atoms with E-state index in [1.807, 2.05) is 0 Å². The molecule has 0 amide bonds. The van der Waals surface area contributed by atoms with Gasteiger partial charge in [0.1, 0.15) is 0 Å². The Balaban J connectivity index is 1.36. The monoisotopic (exact) mass is 239 g/mol. The topological polar surface area (TPSA) is 30.5 Å². The van der Waals surface area contributed by atoms with Crippen molar-refractivity contribution in [3.8, 4) is 0 Å². The molecule has 0 radical (unpaired) electrons. The molecule has 0 aromatic rings. The molecule has 3 nitrogen and oxygen atoms in total. The normalized spacial score (nSPS) is 36.0. The molecule has 2 heterocycles. The molecule has 1 saturated carbocycles. The first kappa shape index (κ1) is 11.9. The maximum absolute atomic E-state index is 5.95. The lowest BCUT2D eigenvalue weighted by molar-refractivity contribution is -0.135. The summed E-state index contributed by atoms with van der Waals surface area (Å²) >= 11 is 0. The van der Waals surface area contributed by atoms with Crippen molar-refractivity contribution in [1.29, 1.82) is 0 Å². The smallest absolute Gasteiger partial charge is 0.0697 e. The van der Waals surface area contributed by atoms with Crippen molar-refractivity contribution in [2.75, 3.05) is 19.8 Å². The molecule has 1 N–H and O–H groups in total. The van der Waals surface area contributed by atoms with Crippen LogP contribution in [0.4, 0.5) is 0 Å². The molecular formula is C14H25NO2. The van der Waals surface area contributed by atoms with Crippen LogP contribution in [0, 0.1) is 0 Å². The van der Waals surface area contributed by atoms with Gasteiger partial charge in [0.25, 0.3) is 0 Å². The molecule has 2 atom stereocenters. The number of rotatable bonds is 4. The molecule has 2 saturated heterocycles. The minimum atomic E-state index is 0.278. The van der Waals surface area contributed by atoms with Crippen LogP contribution < -0.4 is 5.32 Å². The van der Waals surface area contributed by atoms with Gasteiger partial charge < -0.3 is 14.8 Å². The van der Waals surface area contributed by atoms with Crippen molar-refractivity contribution in [1.82, 2.24) is 5.32 Å². The van der Waals surface area contributed by atoms with Crippen molar-refractivity contribution in [2.24, 2.45) is 0 Å². The fourth-order valence-corrected chi connectivity index (χ4v) is 3.44. The Labute approximate surface area is 104 Å². The lowest BCUT2D eigenvalue weighted by Crippen LogP contribution is -2.51. The molecule has 3 fully saturated rings. The van der Waals surface area contributed by atoms with Gasteiger partial charge in [-0.1, -0.05) is 0 Å². The quantitative estimate of drug-likeness (QED) is 0.816. The van der Waals surface area contributed by atoms with Crippen LogP contribution in [0.5, 0.6) is 0 Å². The highest BCUT2D eigenvalue weighted by atomic mass is 16.5. The van der Waals surface area contributed by atoms with Gasteiger partial charge in [0.15, 0.2) is 0 Å². The molecule has 2 aliphatic heterocycles. The van der Waals surface area contributed by atoms with E-state index >= 15 is 0 Å². The third-order valence-corrected chi connectivity index (χ3v) is 4.68. The van der Waals surface area contributed by atoms with Crippen LogP contribution in [-0.2, 0) is 9.47 Å². The zero-order valence-corrected chi connectivity index (χ0v) is 10.7. The zero-order chi connectivity index (χ0) is 11.6. The fourth-order valence-electron chi connectivity index (χ4n) is 3.44. The lowest BCUT2D eigenvalue weighted by Gasteiger charge is -2.47. The Morgan fingerprint density at radius 3 is 2.76 bits per heavy atom. The molecule has 1 aliphatic carbocycles. The summed E-state index contributed by atoms with van der Waals surface area (Å²) in [6, 6.07) is 0.686. The standard InChI is InChI=1S/C14H25NO2/c1-3-13(16-9-1)4-8-15-12-5-10-17-14(11-12)6-2-7-14/h12-13,15H,1-11H2. The Morgan fingerprint density at radius 1 is 1.12 bits per heavy atom. The maximum Gasteiger partial charge on any atom is 0.0697 e. The van der Waals surface area contributed by atoms with E-state index in [9.17, 15) is 0 Å². The summed E-state index contributed by atoms with van der Waals surface area (Å²) in [7, 11) is 0. The van der Waals surface area contributed by atoms with Gasteiger partial charge in [-0.05, 0) is 57.9 Å². The molecule has 0 aromatic carbocycles. The van der Waals surface area contributed by atoms with Crippen molar-refractivity contribution >= 4 is 0 Å². The summed E-state index contributed by atoms with van der Waals surface area (Å²) in [6.07, 6.45) is 10.6. The van der Waals surface area contributed by atoms with E-state index < -0.39 is 0 Å². The van der Waals surface area contributed by atoms with E-state index in [1.165, 1.54) is 51.4 Å². The highest BCUT2D eigenvalue weighted by Gasteiger charge is 2.42. The molecule has 1 spiro atoms. The molecule has 0 aromatic heterocycles. The Kier molecular flexibility index (Phi) is 3.69. The minimum Gasteiger partial charge on any atom is -0.378 e. The summed E-state index contributed by atoms with van der Waals surface area (Å²) in [5.74, 6) is 0. The number of nitrogens with one attached hydrogen (secondary N) is 1. The molecule has 3 aliphatic rings. The molecule has 0 bridgehead atoms. The van der Waals surface area contributed by atoms with Gasteiger partial charge in [-0.15, -0.1) is 0 Å². The predicted molar refractivity (Wildman–Crippen MR) is 67.1 cm³/mol. The predicted octanol–water partition coefficient (Wildman–Crippen LogP) is 2.25. The van der Waals surface area contributed by atoms with Crippen LogP contribution in [0.15, 0.2) is 0 Å². The molecule has 98 valence electrons. The van der Waals surface area contributed by atoms with Crippen LogP contribution in [0.1, 0.15) is 51.4 Å². The molecule has 3 rings (SSSR count). The number of hydrogen-bond acceptors (Lipinski definition) is 3. The average Bonchev–Trinajstić information content (AvgIpc) is 2.80. The fraction of sp³-hybridized carbons (Fsp3) is 1.00. The lowest BCUT2D eigenvalue weighted by atomic mass is 9.74. The van der Waals surface area contributed by atoms with Gasteiger partial charge in [-0.2, -0.15) is 0 Å². The Bertz CT molecular complexity index is 247. The van der Waals surface area contributed by atoms with Crippen molar-refractivity contribution in [2.45, 2.75) is 69.1 Å². The zero-order valence-electron chi connectivity index (χ0n) is 10.7. The van der Waals surface area contributed by atoms with Gasteiger partial charge >= 0.3 is 0 Å². The maximum atomic E-state index is 5.95. The van der Waals surface area contributed by atoms with E-state index in [1.54, 1.807) is 0 Å². The van der Waals surface area contributed by atoms with Crippen LogP contribution in [0.2, 0.25) is 0 Å². The number of ether oxygens (including phenoxy) is 2. The van der Waals surface area contributed by atoms with Crippen LogP contribution in [0.3, 0.4) is 0 Å². The first-order valence-electron chi connectivity index (χ1n) is 7.35. The van der Waals surface area contributed by atoms with Crippen molar-refractivity contribution < 1.29 is 9.47 Å². The van der Waals surface area contributed by atoms with E-state index in [0.717, 1.165) is 19.8 Å². The first-order chi connectivity index (χ1) is 8.36. The van der Waals surface area contributed by atoms with E-state index in [2.05, 4.69) is 5.32 Å². The van der Waals surface area contributed by atoms with Gasteiger partial charge in [0, 0.05) is 19.3 Å². The second-order valence-corrected chi connectivity index (χ2v) is 5.95. The molecule has 3 heteroatoms. The third-order valence-electron chi connectivity index (χ3n) is 4.68. The van der Waals surface area contributed by atoms with E-state index in [4.69, 9.17) is 9.47 Å². The van der Waals surface area contributed by atoms with Gasteiger partial charge in [-0.25, -0.2) is 0 Å². The van der Waals surface area contributed by atoms with E-state index in [-0.39, 0.29) is 5.60 Å². The van der Waals surface area contributed by atoms with Gasteiger partial charge in [-0.3, -0.25) is 0 Å². The SMILES string of the molecule is C1COC(CCNC2CCOC3(CCC3)C2)C1. The minimum absolute atomic E-state index is 0.278. The van der Waals surface area contributed by atoms with Crippen LogP contribution in [-0.4, -0.2) is 37.5 Å². The average molecular weight is 239 g/mol. The molecule has 2 unspecified atom stereocenters. The van der Waals surface area contributed by atoms with Crippen molar-refractivity contribution in [3.63, 3.8) is 0 Å². The summed E-state index contributed by atoms with van der Waals surface area (Å²) in [4.78, 5) is 0. The second kappa shape index (κ2) is 5.25. The van der Waals surface area contributed by atoms with Gasteiger partial charge in [0.2, 0.25) is 0 Å². The Hall–Kier alpha value is -0.120. The number of hydrogen-bond donors (Lipinski definition) is 1. The summed E-state index contributed by atoms with van der Waals surface area (Å²) < 4.78 is 11.6.